The fraction of sp³-hybridized carbons (Fsp3) is 0.440. The van der Waals surface area contributed by atoms with Gasteiger partial charge < -0.3 is 19.8 Å². The molecule has 2 aromatic heterocycles. The van der Waals surface area contributed by atoms with Gasteiger partial charge in [-0.2, -0.15) is 5.10 Å². The number of anilines is 3. The quantitative estimate of drug-likeness (QED) is 0.494. The molecule has 1 aliphatic heterocycles. The van der Waals surface area contributed by atoms with Crippen LogP contribution in [0.25, 0.3) is 5.69 Å². The van der Waals surface area contributed by atoms with Crippen molar-refractivity contribution in [3.8, 4) is 5.69 Å². The second-order valence-electron chi connectivity index (χ2n) is 9.69. The number of aromatic nitrogens is 4. The summed E-state index contributed by atoms with van der Waals surface area (Å²) in [7, 11) is 2.04. The third-order valence-corrected chi connectivity index (χ3v) is 5.65. The zero-order chi connectivity index (χ0) is 24.8. The molecule has 35 heavy (non-hydrogen) atoms. The molecule has 1 saturated heterocycles. The van der Waals surface area contributed by atoms with Gasteiger partial charge in [0, 0.05) is 50.8 Å². The largest absolute Gasteiger partial charge is 0.528 e. The highest BCUT2D eigenvalue weighted by molar-refractivity contribution is 5.61. The molecule has 0 unspecified atom stereocenters. The summed E-state index contributed by atoms with van der Waals surface area (Å²) in [5.41, 5.74) is 1.37. The van der Waals surface area contributed by atoms with Crippen LogP contribution in [0.3, 0.4) is 0 Å². The number of hydrogen-bond donors (Lipinski definition) is 1. The van der Waals surface area contributed by atoms with Gasteiger partial charge in [-0.25, -0.2) is 19.4 Å². The van der Waals surface area contributed by atoms with E-state index in [2.05, 4.69) is 25.3 Å². The number of piperidine rings is 1. The van der Waals surface area contributed by atoms with Crippen LogP contribution in [0, 0.1) is 5.92 Å². The molecule has 1 aromatic carbocycles. The van der Waals surface area contributed by atoms with Gasteiger partial charge in [-0.1, -0.05) is 0 Å². The van der Waals surface area contributed by atoms with Gasteiger partial charge in [0.25, 0.3) is 0 Å². The lowest BCUT2D eigenvalue weighted by Gasteiger charge is -2.33. The molecule has 0 saturated carbocycles. The first kappa shape index (κ1) is 24.5. The van der Waals surface area contributed by atoms with E-state index < -0.39 is 11.8 Å². The Bertz CT molecular complexity index is 1090. The highest BCUT2D eigenvalue weighted by atomic mass is 16.8. The van der Waals surface area contributed by atoms with E-state index >= 15 is 0 Å². The van der Waals surface area contributed by atoms with Gasteiger partial charge in [0.2, 0.25) is 0 Å². The molecule has 1 N–H and O–H groups in total. The van der Waals surface area contributed by atoms with Crippen LogP contribution in [0.15, 0.2) is 55.1 Å². The molecule has 3 aromatic rings. The standard InChI is InChI=1S/C25H33N7O3/c1-25(2,3)34-24(33)35-31-14-10-19(11-15-31)17-30(4)23-16-22(26-18-27-23)29-20-6-8-21(9-7-20)32-13-5-12-28-32/h5-9,12-13,16,18-19H,10-11,14-15,17H2,1-4H3,(H,26,27,29). The molecule has 10 nitrogen and oxygen atoms in total. The number of nitrogens with one attached hydrogen (secondary N) is 1. The molecule has 1 aliphatic rings. The molecule has 3 heterocycles. The van der Waals surface area contributed by atoms with E-state index in [0.29, 0.717) is 19.0 Å². The number of hydroxylamine groups is 2. The number of benzene rings is 1. The fourth-order valence-electron chi connectivity index (χ4n) is 3.93. The average molecular weight is 480 g/mol. The van der Waals surface area contributed by atoms with Crippen molar-refractivity contribution < 1.29 is 14.4 Å². The van der Waals surface area contributed by atoms with E-state index in [1.165, 1.54) is 0 Å². The summed E-state index contributed by atoms with van der Waals surface area (Å²) in [4.78, 5) is 28.2. The first-order chi connectivity index (χ1) is 16.7. The van der Waals surface area contributed by atoms with Crippen LogP contribution in [-0.4, -0.2) is 63.3 Å². The van der Waals surface area contributed by atoms with E-state index in [1.54, 1.807) is 17.6 Å². The molecule has 186 valence electrons. The first-order valence-electron chi connectivity index (χ1n) is 11.8. The van der Waals surface area contributed by atoms with Gasteiger partial charge in [0.1, 0.15) is 23.6 Å². The molecule has 0 atom stereocenters. The van der Waals surface area contributed by atoms with Crippen LogP contribution in [0.2, 0.25) is 0 Å². The van der Waals surface area contributed by atoms with Crippen LogP contribution in [0.1, 0.15) is 33.6 Å². The van der Waals surface area contributed by atoms with Crippen molar-refractivity contribution in [2.75, 3.05) is 36.9 Å². The zero-order valence-corrected chi connectivity index (χ0v) is 20.7. The van der Waals surface area contributed by atoms with Crippen LogP contribution in [0.4, 0.5) is 22.1 Å². The molecular weight excluding hydrogens is 446 g/mol. The van der Waals surface area contributed by atoms with Gasteiger partial charge in [-0.05, 0) is 69.9 Å². The summed E-state index contributed by atoms with van der Waals surface area (Å²) >= 11 is 0. The summed E-state index contributed by atoms with van der Waals surface area (Å²) in [5.74, 6) is 2.05. The number of carbonyl (C=O) groups is 1. The summed E-state index contributed by atoms with van der Waals surface area (Å²) in [6.45, 7) is 7.69. The zero-order valence-electron chi connectivity index (χ0n) is 20.7. The fourth-order valence-corrected chi connectivity index (χ4v) is 3.93. The first-order valence-corrected chi connectivity index (χ1v) is 11.8. The van der Waals surface area contributed by atoms with Gasteiger partial charge in [0.05, 0.1) is 5.69 Å². The lowest BCUT2D eigenvalue weighted by molar-refractivity contribution is -0.154. The molecular formula is C25H33N7O3. The van der Waals surface area contributed by atoms with E-state index in [1.807, 2.05) is 75.1 Å². The average Bonchev–Trinajstić information content (AvgIpc) is 3.35. The van der Waals surface area contributed by atoms with E-state index in [0.717, 1.165) is 42.4 Å². The monoisotopic (exact) mass is 479 g/mol. The van der Waals surface area contributed by atoms with Crippen molar-refractivity contribution >= 4 is 23.5 Å². The van der Waals surface area contributed by atoms with E-state index in [4.69, 9.17) is 9.57 Å². The molecule has 0 spiro atoms. The molecule has 0 amide bonds. The van der Waals surface area contributed by atoms with Crippen molar-refractivity contribution in [3.63, 3.8) is 0 Å². The summed E-state index contributed by atoms with van der Waals surface area (Å²) < 4.78 is 7.05. The maximum absolute atomic E-state index is 11.9. The van der Waals surface area contributed by atoms with E-state index in [-0.39, 0.29) is 0 Å². The van der Waals surface area contributed by atoms with Gasteiger partial charge in [0.15, 0.2) is 0 Å². The molecule has 0 bridgehead atoms. The van der Waals surface area contributed by atoms with Crippen LogP contribution in [0.5, 0.6) is 0 Å². The van der Waals surface area contributed by atoms with Crippen molar-refractivity contribution in [2.45, 2.75) is 39.2 Å². The number of hydrogen-bond acceptors (Lipinski definition) is 9. The molecule has 10 heteroatoms. The highest BCUT2D eigenvalue weighted by Gasteiger charge is 2.26. The predicted molar refractivity (Wildman–Crippen MR) is 134 cm³/mol. The number of carbonyl (C=O) groups excluding carboxylic acids is 1. The maximum Gasteiger partial charge on any atom is 0.528 e. The lowest BCUT2D eigenvalue weighted by atomic mass is 9.97. The minimum atomic E-state index is -0.648. The van der Waals surface area contributed by atoms with Gasteiger partial charge in [-0.15, -0.1) is 5.06 Å². The Kier molecular flexibility index (Phi) is 7.50. The van der Waals surface area contributed by atoms with Gasteiger partial charge in [-0.3, -0.25) is 0 Å². The Balaban J connectivity index is 1.27. The summed E-state index contributed by atoms with van der Waals surface area (Å²) in [5, 5.41) is 9.28. The van der Waals surface area contributed by atoms with Crippen molar-refractivity contribution in [1.82, 2.24) is 24.8 Å². The van der Waals surface area contributed by atoms with Crippen LogP contribution in [-0.2, 0) is 9.57 Å². The summed E-state index contributed by atoms with van der Waals surface area (Å²) in [6.07, 6.45) is 6.44. The number of ether oxygens (including phenoxy) is 1. The van der Waals surface area contributed by atoms with Crippen LogP contribution >= 0.6 is 0 Å². The van der Waals surface area contributed by atoms with Crippen molar-refractivity contribution in [1.29, 1.82) is 0 Å². The molecule has 1 fully saturated rings. The predicted octanol–water partition coefficient (Wildman–Crippen LogP) is 4.42. The lowest BCUT2D eigenvalue weighted by Crippen LogP contribution is -2.40. The summed E-state index contributed by atoms with van der Waals surface area (Å²) in [6, 6.07) is 11.8. The van der Waals surface area contributed by atoms with E-state index in [9.17, 15) is 4.79 Å². The molecule has 0 radical (unpaired) electrons. The maximum atomic E-state index is 11.9. The Morgan fingerprint density at radius 2 is 1.91 bits per heavy atom. The molecule has 0 aliphatic carbocycles. The number of rotatable bonds is 7. The Hall–Kier alpha value is -3.66. The normalized spacial score (nSPS) is 15.0. The third kappa shape index (κ3) is 7.16. The smallest absolute Gasteiger partial charge is 0.427 e. The minimum Gasteiger partial charge on any atom is -0.427 e. The van der Waals surface area contributed by atoms with Gasteiger partial charge >= 0.3 is 6.16 Å². The van der Waals surface area contributed by atoms with Crippen LogP contribution < -0.4 is 10.2 Å². The Labute approximate surface area is 205 Å². The SMILES string of the molecule is CN(CC1CCN(OC(=O)OC(C)(C)C)CC1)c1cc(Nc2ccc(-n3cccn3)cc2)ncn1. The minimum absolute atomic E-state index is 0.472. The molecule has 4 rings (SSSR count). The Morgan fingerprint density at radius 1 is 1.17 bits per heavy atom. The Morgan fingerprint density at radius 3 is 2.57 bits per heavy atom. The van der Waals surface area contributed by atoms with Crippen molar-refractivity contribution in [2.24, 2.45) is 5.92 Å². The second kappa shape index (κ2) is 10.7. The second-order valence-corrected chi connectivity index (χ2v) is 9.69. The highest BCUT2D eigenvalue weighted by Crippen LogP contribution is 2.23. The van der Waals surface area contributed by atoms with Crippen molar-refractivity contribution in [3.05, 3.63) is 55.1 Å². The topological polar surface area (TPSA) is 97.6 Å². The third-order valence-electron chi connectivity index (χ3n) is 5.65. The number of nitrogens with zero attached hydrogens (tertiary/aromatic N) is 6.